The SMILES string of the molecule is C=CCNC(=NCCC(F)(F)F)NCC. The minimum Gasteiger partial charge on any atom is -0.357 e. The molecule has 0 fully saturated rings. The molecule has 2 N–H and O–H groups in total. The molecule has 0 aliphatic heterocycles. The summed E-state index contributed by atoms with van der Waals surface area (Å²) in [6.07, 6.45) is -3.45. The summed E-state index contributed by atoms with van der Waals surface area (Å²) < 4.78 is 35.5. The molecule has 0 atom stereocenters. The number of guanidine groups is 1. The highest BCUT2D eigenvalue weighted by Crippen LogP contribution is 2.18. The maximum absolute atomic E-state index is 11.8. The maximum Gasteiger partial charge on any atom is 0.390 e. The normalized spacial score (nSPS) is 12.4. The standard InChI is InChI=1S/C9H16F3N3/c1-3-6-14-8(13-4-2)15-7-5-9(10,11)12/h3H,1,4-7H2,2H3,(H2,13,14,15). The number of hydrogen-bond donors (Lipinski definition) is 2. The lowest BCUT2D eigenvalue weighted by atomic mass is 10.4. The number of rotatable bonds is 5. The van der Waals surface area contributed by atoms with Crippen LogP contribution in [0.2, 0.25) is 0 Å². The van der Waals surface area contributed by atoms with Crippen LogP contribution in [0.5, 0.6) is 0 Å². The third kappa shape index (κ3) is 9.11. The van der Waals surface area contributed by atoms with E-state index in [2.05, 4.69) is 22.2 Å². The quantitative estimate of drug-likeness (QED) is 0.422. The van der Waals surface area contributed by atoms with Crippen LogP contribution < -0.4 is 10.6 Å². The van der Waals surface area contributed by atoms with Gasteiger partial charge in [-0.1, -0.05) is 6.08 Å². The Hall–Kier alpha value is -1.20. The van der Waals surface area contributed by atoms with Gasteiger partial charge < -0.3 is 10.6 Å². The van der Waals surface area contributed by atoms with Crippen LogP contribution >= 0.6 is 0 Å². The summed E-state index contributed by atoms with van der Waals surface area (Å²) in [6.45, 7) is 6.14. The number of nitrogens with zero attached hydrogens (tertiary/aromatic N) is 1. The molecule has 0 aliphatic rings. The summed E-state index contributed by atoms with van der Waals surface area (Å²) in [5.74, 6) is 0.377. The van der Waals surface area contributed by atoms with Gasteiger partial charge >= 0.3 is 6.18 Å². The molecule has 0 aromatic rings. The fraction of sp³-hybridized carbons (Fsp3) is 0.667. The summed E-state index contributed by atoms with van der Waals surface area (Å²) in [4.78, 5) is 3.76. The summed E-state index contributed by atoms with van der Waals surface area (Å²) in [5, 5.41) is 5.64. The molecule has 0 saturated heterocycles. The molecule has 0 rings (SSSR count). The maximum atomic E-state index is 11.8. The van der Waals surface area contributed by atoms with Crippen molar-refractivity contribution in [3.05, 3.63) is 12.7 Å². The van der Waals surface area contributed by atoms with Crippen molar-refractivity contribution < 1.29 is 13.2 Å². The van der Waals surface area contributed by atoms with Crippen LogP contribution in [0.3, 0.4) is 0 Å². The van der Waals surface area contributed by atoms with E-state index in [1.165, 1.54) is 0 Å². The molecule has 0 unspecified atom stereocenters. The third-order valence-electron chi connectivity index (χ3n) is 1.42. The molecule has 6 heteroatoms. The van der Waals surface area contributed by atoms with E-state index in [0.29, 0.717) is 19.0 Å². The van der Waals surface area contributed by atoms with Gasteiger partial charge in [0.1, 0.15) is 0 Å². The molecular weight excluding hydrogens is 207 g/mol. The highest BCUT2D eigenvalue weighted by Gasteiger charge is 2.26. The van der Waals surface area contributed by atoms with Crippen molar-refractivity contribution in [3.8, 4) is 0 Å². The first-order valence-electron chi connectivity index (χ1n) is 4.69. The highest BCUT2D eigenvalue weighted by atomic mass is 19.4. The molecule has 0 aromatic heterocycles. The number of nitrogens with one attached hydrogen (secondary N) is 2. The highest BCUT2D eigenvalue weighted by molar-refractivity contribution is 5.79. The Morgan fingerprint density at radius 3 is 2.53 bits per heavy atom. The van der Waals surface area contributed by atoms with Gasteiger partial charge in [-0.3, -0.25) is 4.99 Å². The zero-order chi connectivity index (χ0) is 11.7. The summed E-state index contributed by atoms with van der Waals surface area (Å²) in [6, 6.07) is 0. The molecule has 0 radical (unpaired) electrons. The van der Waals surface area contributed by atoms with Crippen LogP contribution in [-0.2, 0) is 0 Å². The Labute approximate surface area is 87.5 Å². The molecule has 0 heterocycles. The number of alkyl halides is 3. The molecule has 0 aliphatic carbocycles. The Morgan fingerprint density at radius 2 is 2.07 bits per heavy atom. The molecule has 0 saturated carbocycles. The second kappa shape index (κ2) is 7.14. The van der Waals surface area contributed by atoms with E-state index in [-0.39, 0.29) is 6.54 Å². The van der Waals surface area contributed by atoms with Crippen LogP contribution in [0, 0.1) is 0 Å². The smallest absolute Gasteiger partial charge is 0.357 e. The van der Waals surface area contributed by atoms with E-state index >= 15 is 0 Å². The van der Waals surface area contributed by atoms with E-state index in [4.69, 9.17) is 0 Å². The van der Waals surface area contributed by atoms with E-state index in [1.54, 1.807) is 6.08 Å². The minimum atomic E-state index is -4.15. The molecule has 3 nitrogen and oxygen atoms in total. The fourth-order valence-electron chi connectivity index (χ4n) is 0.805. The third-order valence-corrected chi connectivity index (χ3v) is 1.42. The second-order valence-corrected chi connectivity index (χ2v) is 2.80. The fourth-order valence-corrected chi connectivity index (χ4v) is 0.805. The van der Waals surface area contributed by atoms with E-state index in [0.717, 1.165) is 0 Å². The molecule has 15 heavy (non-hydrogen) atoms. The zero-order valence-electron chi connectivity index (χ0n) is 8.69. The largest absolute Gasteiger partial charge is 0.390 e. The summed E-state index contributed by atoms with van der Waals surface area (Å²) in [7, 11) is 0. The van der Waals surface area contributed by atoms with Gasteiger partial charge in [0.2, 0.25) is 0 Å². The lowest BCUT2D eigenvalue weighted by Crippen LogP contribution is -2.37. The van der Waals surface area contributed by atoms with E-state index < -0.39 is 12.6 Å². The Morgan fingerprint density at radius 1 is 1.40 bits per heavy atom. The molecule has 0 spiro atoms. The average molecular weight is 223 g/mol. The molecule has 0 bridgehead atoms. The summed E-state index contributed by atoms with van der Waals surface area (Å²) >= 11 is 0. The van der Waals surface area contributed by atoms with Crippen LogP contribution in [0.25, 0.3) is 0 Å². The van der Waals surface area contributed by atoms with Crippen molar-refractivity contribution in [1.29, 1.82) is 0 Å². The van der Waals surface area contributed by atoms with Gasteiger partial charge in [0.25, 0.3) is 0 Å². The van der Waals surface area contributed by atoms with E-state index in [1.807, 2.05) is 6.92 Å². The number of aliphatic imine (C=N–C) groups is 1. The van der Waals surface area contributed by atoms with Crippen LogP contribution in [0.1, 0.15) is 13.3 Å². The van der Waals surface area contributed by atoms with Gasteiger partial charge in [0, 0.05) is 13.1 Å². The van der Waals surface area contributed by atoms with Gasteiger partial charge in [0.05, 0.1) is 13.0 Å². The van der Waals surface area contributed by atoms with Crippen molar-refractivity contribution in [2.24, 2.45) is 4.99 Å². The monoisotopic (exact) mass is 223 g/mol. The van der Waals surface area contributed by atoms with Gasteiger partial charge in [-0.25, -0.2) is 0 Å². The molecular formula is C9H16F3N3. The first kappa shape index (κ1) is 13.8. The predicted octanol–water partition coefficient (Wildman–Crippen LogP) is 1.68. The number of hydrogen-bond acceptors (Lipinski definition) is 1. The first-order valence-corrected chi connectivity index (χ1v) is 4.69. The minimum absolute atomic E-state index is 0.268. The first-order chi connectivity index (χ1) is 6.99. The van der Waals surface area contributed by atoms with Gasteiger partial charge in [-0.15, -0.1) is 6.58 Å². The molecule has 0 amide bonds. The van der Waals surface area contributed by atoms with Crippen LogP contribution in [-0.4, -0.2) is 31.8 Å². The van der Waals surface area contributed by atoms with E-state index in [9.17, 15) is 13.2 Å². The average Bonchev–Trinajstić information content (AvgIpc) is 2.12. The Kier molecular flexibility index (Phi) is 6.57. The molecule has 88 valence electrons. The zero-order valence-corrected chi connectivity index (χ0v) is 8.69. The predicted molar refractivity (Wildman–Crippen MR) is 54.9 cm³/mol. The summed E-state index contributed by atoms with van der Waals surface area (Å²) in [5.41, 5.74) is 0. The second-order valence-electron chi connectivity index (χ2n) is 2.80. The van der Waals surface area contributed by atoms with Crippen molar-refractivity contribution in [2.75, 3.05) is 19.6 Å². The van der Waals surface area contributed by atoms with Crippen molar-refractivity contribution in [2.45, 2.75) is 19.5 Å². The lowest BCUT2D eigenvalue weighted by Gasteiger charge is -2.09. The van der Waals surface area contributed by atoms with Gasteiger partial charge in [0.15, 0.2) is 5.96 Å². The van der Waals surface area contributed by atoms with Gasteiger partial charge in [-0.2, -0.15) is 13.2 Å². The Bertz CT molecular complexity index is 211. The van der Waals surface area contributed by atoms with Crippen LogP contribution in [0.4, 0.5) is 13.2 Å². The number of halogens is 3. The van der Waals surface area contributed by atoms with Crippen molar-refractivity contribution in [1.82, 2.24) is 10.6 Å². The van der Waals surface area contributed by atoms with Gasteiger partial charge in [-0.05, 0) is 6.92 Å². The van der Waals surface area contributed by atoms with Crippen molar-refractivity contribution >= 4 is 5.96 Å². The lowest BCUT2D eigenvalue weighted by molar-refractivity contribution is -0.132. The molecule has 0 aromatic carbocycles. The van der Waals surface area contributed by atoms with Crippen LogP contribution in [0.15, 0.2) is 17.6 Å². The van der Waals surface area contributed by atoms with Crippen molar-refractivity contribution in [3.63, 3.8) is 0 Å². The Balaban J connectivity index is 3.98. The topological polar surface area (TPSA) is 36.4 Å².